The smallest absolute Gasteiger partial charge is 0.304 e. The number of sulfone groups is 1. The average Bonchev–Trinajstić information content (AvgIpc) is 3.06. The van der Waals surface area contributed by atoms with Crippen molar-refractivity contribution in [3.8, 4) is 0 Å². The van der Waals surface area contributed by atoms with Crippen molar-refractivity contribution in [3.05, 3.63) is 46.0 Å². The fourth-order valence-electron chi connectivity index (χ4n) is 3.08. The molecule has 2 aromatic rings. The van der Waals surface area contributed by atoms with Gasteiger partial charge in [0.05, 0.1) is 4.92 Å². The molecule has 0 bridgehead atoms. The molecule has 2 heterocycles. The number of piperidine rings is 1. The van der Waals surface area contributed by atoms with E-state index in [1.165, 1.54) is 6.42 Å². The molecule has 0 saturated carbocycles. The van der Waals surface area contributed by atoms with Gasteiger partial charge in [-0.15, -0.1) is 0 Å². The minimum absolute atomic E-state index is 0.00369. The Kier molecular flexibility index (Phi) is 5.47. The van der Waals surface area contributed by atoms with Gasteiger partial charge in [-0.05, 0) is 30.9 Å². The van der Waals surface area contributed by atoms with E-state index in [4.69, 9.17) is 0 Å². The third-order valence-electron chi connectivity index (χ3n) is 4.38. The molecule has 3 rings (SSSR count). The molecular formula is C17H21N3O4S2. The molecule has 0 unspecified atom stereocenters. The molecule has 0 radical (unpaired) electrons. The van der Waals surface area contributed by atoms with Crippen LogP contribution in [-0.2, 0) is 16.4 Å². The number of thiophene rings is 1. The molecule has 1 saturated heterocycles. The molecule has 0 aliphatic carbocycles. The van der Waals surface area contributed by atoms with Crippen LogP contribution >= 0.6 is 11.3 Å². The molecule has 1 aromatic heterocycles. The predicted octanol–water partition coefficient (Wildman–Crippen LogP) is 3.66. The average molecular weight is 396 g/mol. The van der Waals surface area contributed by atoms with Gasteiger partial charge in [0, 0.05) is 37.6 Å². The predicted molar refractivity (Wildman–Crippen MR) is 104 cm³/mol. The number of nitrogens with zero attached hydrogens (tertiary/aromatic N) is 2. The van der Waals surface area contributed by atoms with Crippen LogP contribution in [-0.4, -0.2) is 32.7 Å². The molecule has 140 valence electrons. The van der Waals surface area contributed by atoms with Crippen molar-refractivity contribution >= 4 is 37.5 Å². The van der Waals surface area contributed by atoms with Crippen LogP contribution in [0.15, 0.2) is 34.5 Å². The van der Waals surface area contributed by atoms with E-state index < -0.39 is 14.8 Å². The summed E-state index contributed by atoms with van der Waals surface area (Å²) in [6.45, 7) is 2.42. The zero-order valence-electron chi connectivity index (χ0n) is 14.5. The highest BCUT2D eigenvalue weighted by Crippen LogP contribution is 2.37. The summed E-state index contributed by atoms with van der Waals surface area (Å²) in [6.07, 6.45) is 4.62. The quantitative estimate of drug-likeness (QED) is 0.593. The van der Waals surface area contributed by atoms with Gasteiger partial charge >= 0.3 is 5.69 Å². The van der Waals surface area contributed by atoms with E-state index in [9.17, 15) is 18.5 Å². The molecule has 9 heteroatoms. The standard InChI is InChI=1S/C17H21N3O4S2/c1-26(23,24)16-11-15(20(21)22)17(25-16)18-12-13-7-3-4-8-14(13)19-9-5-2-6-10-19/h3-4,7-8,11,18H,2,5-6,9-10,12H2,1H3. The molecule has 1 aliphatic heterocycles. The number of hydrogen-bond acceptors (Lipinski definition) is 7. The zero-order valence-corrected chi connectivity index (χ0v) is 16.1. The Bertz CT molecular complexity index is 902. The van der Waals surface area contributed by atoms with Crippen LogP contribution in [0.2, 0.25) is 0 Å². The number of hydrogen-bond donors (Lipinski definition) is 1. The van der Waals surface area contributed by atoms with Gasteiger partial charge < -0.3 is 10.2 Å². The Morgan fingerprint density at radius 3 is 2.58 bits per heavy atom. The van der Waals surface area contributed by atoms with E-state index >= 15 is 0 Å². The highest BCUT2D eigenvalue weighted by atomic mass is 32.2. The Morgan fingerprint density at radius 2 is 1.92 bits per heavy atom. The monoisotopic (exact) mass is 395 g/mol. The van der Waals surface area contributed by atoms with Crippen molar-refractivity contribution in [3.63, 3.8) is 0 Å². The van der Waals surface area contributed by atoms with Crippen molar-refractivity contribution in [2.24, 2.45) is 0 Å². The first-order chi connectivity index (χ1) is 12.4. The van der Waals surface area contributed by atoms with Gasteiger partial charge in [0.1, 0.15) is 4.21 Å². The SMILES string of the molecule is CS(=O)(=O)c1cc([N+](=O)[O-])c(NCc2ccccc2N2CCCCC2)s1. The second-order valence-electron chi connectivity index (χ2n) is 6.34. The number of nitrogens with one attached hydrogen (secondary N) is 1. The Labute approximate surface area is 156 Å². The number of nitro groups is 1. The van der Waals surface area contributed by atoms with E-state index in [1.54, 1.807) is 0 Å². The number of rotatable bonds is 6. The third-order valence-corrected chi connectivity index (χ3v) is 7.26. The number of para-hydroxylation sites is 1. The lowest BCUT2D eigenvalue weighted by atomic mass is 10.1. The molecule has 1 aliphatic rings. The van der Waals surface area contributed by atoms with Gasteiger partial charge in [0.2, 0.25) is 0 Å². The van der Waals surface area contributed by atoms with Crippen LogP contribution in [0.5, 0.6) is 0 Å². The van der Waals surface area contributed by atoms with Gasteiger partial charge in [-0.3, -0.25) is 10.1 Å². The molecule has 26 heavy (non-hydrogen) atoms. The highest BCUT2D eigenvalue weighted by Gasteiger charge is 2.24. The van der Waals surface area contributed by atoms with Gasteiger partial charge in [-0.2, -0.15) is 0 Å². The summed E-state index contributed by atoms with van der Waals surface area (Å²) in [7, 11) is -3.48. The molecule has 1 aromatic carbocycles. The highest BCUT2D eigenvalue weighted by molar-refractivity contribution is 7.92. The van der Waals surface area contributed by atoms with Crippen molar-refractivity contribution in [1.82, 2.24) is 0 Å². The number of anilines is 2. The van der Waals surface area contributed by atoms with E-state index in [-0.39, 0.29) is 14.9 Å². The minimum atomic E-state index is -3.48. The zero-order chi connectivity index (χ0) is 18.7. The summed E-state index contributed by atoms with van der Waals surface area (Å²) >= 11 is 0.901. The lowest BCUT2D eigenvalue weighted by Crippen LogP contribution is -2.30. The summed E-state index contributed by atoms with van der Waals surface area (Å²) in [5.74, 6) is 0. The van der Waals surface area contributed by atoms with Crippen molar-refractivity contribution in [1.29, 1.82) is 0 Å². The van der Waals surface area contributed by atoms with Gasteiger partial charge in [-0.1, -0.05) is 29.5 Å². The van der Waals surface area contributed by atoms with Crippen LogP contribution in [0, 0.1) is 10.1 Å². The topological polar surface area (TPSA) is 92.5 Å². The lowest BCUT2D eigenvalue weighted by Gasteiger charge is -2.30. The van der Waals surface area contributed by atoms with Crippen molar-refractivity contribution < 1.29 is 13.3 Å². The minimum Gasteiger partial charge on any atom is -0.371 e. The summed E-state index contributed by atoms with van der Waals surface area (Å²) in [5, 5.41) is 14.6. The normalized spacial score (nSPS) is 15.0. The van der Waals surface area contributed by atoms with Crippen LogP contribution in [0.3, 0.4) is 0 Å². The lowest BCUT2D eigenvalue weighted by molar-refractivity contribution is -0.383. The van der Waals surface area contributed by atoms with Gasteiger partial charge in [-0.25, -0.2) is 8.42 Å². The summed E-state index contributed by atoms with van der Waals surface area (Å²) < 4.78 is 23.4. The molecule has 1 N–H and O–H groups in total. The summed E-state index contributed by atoms with van der Waals surface area (Å²) in [5.41, 5.74) is 1.96. The molecule has 0 atom stereocenters. The molecule has 0 spiro atoms. The maximum absolute atomic E-state index is 11.7. The van der Waals surface area contributed by atoms with Gasteiger partial charge in [0.15, 0.2) is 14.8 Å². The fraction of sp³-hybridized carbons (Fsp3) is 0.412. The Morgan fingerprint density at radius 1 is 1.23 bits per heavy atom. The first-order valence-electron chi connectivity index (χ1n) is 8.41. The molecule has 1 fully saturated rings. The molecule has 7 nitrogen and oxygen atoms in total. The number of benzene rings is 1. The maximum atomic E-state index is 11.7. The molecular weight excluding hydrogens is 374 g/mol. The van der Waals surface area contributed by atoms with Crippen LogP contribution < -0.4 is 10.2 Å². The van der Waals surface area contributed by atoms with Gasteiger partial charge in [0.25, 0.3) is 0 Å². The van der Waals surface area contributed by atoms with E-state index in [0.29, 0.717) is 6.54 Å². The fourth-order valence-corrected chi connectivity index (χ4v) is 5.02. The van der Waals surface area contributed by atoms with Crippen molar-refractivity contribution in [2.45, 2.75) is 30.0 Å². The van der Waals surface area contributed by atoms with E-state index in [0.717, 1.165) is 60.8 Å². The van der Waals surface area contributed by atoms with Crippen LogP contribution in [0.4, 0.5) is 16.4 Å². The Hall–Kier alpha value is -2.13. The maximum Gasteiger partial charge on any atom is 0.304 e. The third kappa shape index (κ3) is 4.16. The largest absolute Gasteiger partial charge is 0.371 e. The molecule has 0 amide bonds. The van der Waals surface area contributed by atoms with Crippen molar-refractivity contribution in [2.75, 3.05) is 29.6 Å². The van der Waals surface area contributed by atoms with Crippen LogP contribution in [0.25, 0.3) is 0 Å². The second-order valence-corrected chi connectivity index (χ2v) is 9.63. The van der Waals surface area contributed by atoms with E-state index in [2.05, 4.69) is 16.3 Å². The first kappa shape index (κ1) is 18.7. The Balaban J connectivity index is 1.83. The first-order valence-corrected chi connectivity index (χ1v) is 11.1. The van der Waals surface area contributed by atoms with Crippen LogP contribution in [0.1, 0.15) is 24.8 Å². The second kappa shape index (κ2) is 7.63. The van der Waals surface area contributed by atoms with E-state index in [1.807, 2.05) is 18.2 Å². The summed E-state index contributed by atoms with van der Waals surface area (Å²) in [6, 6.07) is 9.11. The summed E-state index contributed by atoms with van der Waals surface area (Å²) in [4.78, 5) is 13.0.